The summed E-state index contributed by atoms with van der Waals surface area (Å²) < 4.78 is 13.3. The van der Waals surface area contributed by atoms with Crippen LogP contribution < -0.4 is 4.90 Å². The van der Waals surface area contributed by atoms with Crippen molar-refractivity contribution in [3.05, 3.63) is 42.4 Å². The van der Waals surface area contributed by atoms with Gasteiger partial charge in [0.1, 0.15) is 11.6 Å². The molecule has 28 heavy (non-hydrogen) atoms. The van der Waals surface area contributed by atoms with Gasteiger partial charge in [0.25, 0.3) is 5.91 Å². The standard InChI is InChI=1S/C21H26N4O3/c1-27-14-12-25-16-5-2-9-22-19(16)24-10-3-7-18(24)21(25)8-11-23(15-21)20(26)17-6-4-13-28-17/h2-3,5,7,9-10,17H,4,6,8,11-15H2,1H3/t17-,21-/m1/s1. The van der Waals surface area contributed by atoms with Crippen molar-refractivity contribution in [2.45, 2.75) is 30.9 Å². The number of methoxy groups -OCH3 is 1. The van der Waals surface area contributed by atoms with Crippen LogP contribution in [-0.4, -0.2) is 66.4 Å². The molecule has 148 valence electrons. The van der Waals surface area contributed by atoms with Crippen molar-refractivity contribution in [1.82, 2.24) is 14.5 Å². The number of nitrogens with zero attached hydrogens (tertiary/aromatic N) is 4. The Bertz CT molecular complexity index is 876. The highest BCUT2D eigenvalue weighted by Gasteiger charge is 2.51. The van der Waals surface area contributed by atoms with E-state index >= 15 is 0 Å². The summed E-state index contributed by atoms with van der Waals surface area (Å²) in [6.07, 6.45) is 6.31. The average molecular weight is 382 g/mol. The van der Waals surface area contributed by atoms with E-state index in [-0.39, 0.29) is 17.6 Å². The number of carbonyl (C=O) groups excluding carboxylic acids is 1. The van der Waals surface area contributed by atoms with Crippen LogP contribution in [-0.2, 0) is 19.8 Å². The molecule has 3 aliphatic heterocycles. The monoisotopic (exact) mass is 382 g/mol. The van der Waals surface area contributed by atoms with Gasteiger partial charge in [-0.1, -0.05) is 0 Å². The number of pyridine rings is 1. The Morgan fingerprint density at radius 2 is 2.32 bits per heavy atom. The molecule has 5 heterocycles. The third-order valence-corrected chi connectivity index (χ3v) is 6.31. The Labute approximate surface area is 164 Å². The van der Waals surface area contributed by atoms with E-state index in [1.54, 1.807) is 7.11 Å². The highest BCUT2D eigenvalue weighted by molar-refractivity contribution is 5.82. The molecule has 0 radical (unpaired) electrons. The van der Waals surface area contributed by atoms with E-state index in [4.69, 9.17) is 9.47 Å². The first-order valence-electron chi connectivity index (χ1n) is 10.0. The number of carbonyl (C=O) groups is 1. The molecule has 0 bridgehead atoms. The van der Waals surface area contributed by atoms with Gasteiger partial charge < -0.3 is 23.8 Å². The summed E-state index contributed by atoms with van der Waals surface area (Å²) in [5.41, 5.74) is 2.01. The summed E-state index contributed by atoms with van der Waals surface area (Å²) in [4.78, 5) is 22.1. The van der Waals surface area contributed by atoms with Crippen molar-refractivity contribution >= 4 is 11.6 Å². The molecule has 2 aromatic rings. The Hall–Kier alpha value is -2.38. The van der Waals surface area contributed by atoms with Crippen LogP contribution in [0.4, 0.5) is 5.69 Å². The number of hydrogen-bond acceptors (Lipinski definition) is 5. The molecule has 2 fully saturated rings. The average Bonchev–Trinajstić information content (AvgIpc) is 3.48. The van der Waals surface area contributed by atoms with Crippen LogP contribution in [0.2, 0.25) is 0 Å². The Morgan fingerprint density at radius 3 is 3.14 bits per heavy atom. The second-order valence-electron chi connectivity index (χ2n) is 7.80. The number of amides is 1. The molecule has 2 aromatic heterocycles. The summed E-state index contributed by atoms with van der Waals surface area (Å²) >= 11 is 0. The van der Waals surface area contributed by atoms with E-state index in [0.717, 1.165) is 43.9 Å². The first-order chi connectivity index (χ1) is 13.7. The first kappa shape index (κ1) is 17.7. The number of rotatable bonds is 4. The van der Waals surface area contributed by atoms with Gasteiger partial charge in [0.2, 0.25) is 0 Å². The van der Waals surface area contributed by atoms with Gasteiger partial charge in [-0.25, -0.2) is 4.98 Å². The van der Waals surface area contributed by atoms with Crippen LogP contribution >= 0.6 is 0 Å². The summed E-state index contributed by atoms with van der Waals surface area (Å²) in [5.74, 6) is 1.07. The highest BCUT2D eigenvalue weighted by Crippen LogP contribution is 2.47. The molecule has 1 amide bonds. The second-order valence-corrected chi connectivity index (χ2v) is 7.80. The van der Waals surface area contributed by atoms with Crippen molar-refractivity contribution in [2.24, 2.45) is 0 Å². The van der Waals surface area contributed by atoms with Crippen molar-refractivity contribution in [2.75, 3.05) is 44.9 Å². The van der Waals surface area contributed by atoms with E-state index in [1.807, 2.05) is 17.2 Å². The summed E-state index contributed by atoms with van der Waals surface area (Å²) in [6, 6.07) is 8.33. The number of fused-ring (bicyclic) bond motifs is 4. The molecule has 3 aliphatic rings. The lowest BCUT2D eigenvalue weighted by atomic mass is 9.89. The minimum Gasteiger partial charge on any atom is -0.383 e. The number of aromatic nitrogens is 2. The van der Waals surface area contributed by atoms with Gasteiger partial charge in [0, 0.05) is 45.7 Å². The normalized spacial score (nSPS) is 26.0. The van der Waals surface area contributed by atoms with Crippen LogP contribution in [0.15, 0.2) is 36.7 Å². The molecular weight excluding hydrogens is 356 g/mol. The third kappa shape index (κ3) is 2.57. The molecule has 7 heteroatoms. The quantitative estimate of drug-likeness (QED) is 0.809. The molecule has 0 saturated carbocycles. The van der Waals surface area contributed by atoms with Crippen LogP contribution in [0.1, 0.15) is 25.0 Å². The SMILES string of the molecule is COCCN1c2cccnc2-n2cccc2[C@]12CCN(C(=O)[C@H]1CCCO1)C2. The molecule has 0 N–H and O–H groups in total. The zero-order valence-corrected chi connectivity index (χ0v) is 16.2. The molecule has 0 aromatic carbocycles. The fourth-order valence-electron chi connectivity index (χ4n) is 5.00. The van der Waals surface area contributed by atoms with Gasteiger partial charge in [0.05, 0.1) is 18.0 Å². The lowest BCUT2D eigenvalue weighted by molar-refractivity contribution is -0.140. The molecule has 2 atom stereocenters. The summed E-state index contributed by atoms with van der Waals surface area (Å²) in [7, 11) is 1.73. The Morgan fingerprint density at radius 1 is 1.39 bits per heavy atom. The highest BCUT2D eigenvalue weighted by atomic mass is 16.5. The lowest BCUT2D eigenvalue weighted by Gasteiger charge is -2.47. The van der Waals surface area contributed by atoms with Crippen LogP contribution in [0, 0.1) is 0 Å². The summed E-state index contributed by atoms with van der Waals surface area (Å²) in [5, 5.41) is 0. The number of hydrogen-bond donors (Lipinski definition) is 0. The zero-order chi connectivity index (χ0) is 19.1. The van der Waals surface area contributed by atoms with Gasteiger partial charge in [-0.05, 0) is 43.5 Å². The fourth-order valence-corrected chi connectivity index (χ4v) is 5.00. The van der Waals surface area contributed by atoms with Crippen molar-refractivity contribution in [1.29, 1.82) is 0 Å². The molecule has 5 rings (SSSR count). The minimum absolute atomic E-state index is 0.135. The maximum atomic E-state index is 13.0. The first-order valence-corrected chi connectivity index (χ1v) is 10.0. The van der Waals surface area contributed by atoms with Crippen molar-refractivity contribution in [3.8, 4) is 5.82 Å². The lowest BCUT2D eigenvalue weighted by Crippen LogP contribution is -2.54. The topological polar surface area (TPSA) is 59.8 Å². The predicted molar refractivity (Wildman–Crippen MR) is 105 cm³/mol. The van der Waals surface area contributed by atoms with E-state index in [9.17, 15) is 4.79 Å². The van der Waals surface area contributed by atoms with E-state index in [1.165, 1.54) is 5.69 Å². The second kappa shape index (κ2) is 6.90. The van der Waals surface area contributed by atoms with Crippen LogP contribution in [0.5, 0.6) is 0 Å². The van der Waals surface area contributed by atoms with E-state index in [2.05, 4.69) is 38.8 Å². The number of anilines is 1. The van der Waals surface area contributed by atoms with Crippen LogP contribution in [0.25, 0.3) is 5.82 Å². The van der Waals surface area contributed by atoms with Gasteiger partial charge in [-0.2, -0.15) is 0 Å². The zero-order valence-electron chi connectivity index (χ0n) is 16.2. The predicted octanol–water partition coefficient (Wildman–Crippen LogP) is 1.95. The smallest absolute Gasteiger partial charge is 0.251 e. The largest absolute Gasteiger partial charge is 0.383 e. The Kier molecular flexibility index (Phi) is 4.36. The molecule has 2 saturated heterocycles. The third-order valence-electron chi connectivity index (χ3n) is 6.31. The molecule has 0 aliphatic carbocycles. The molecule has 7 nitrogen and oxygen atoms in total. The van der Waals surface area contributed by atoms with Gasteiger partial charge >= 0.3 is 0 Å². The van der Waals surface area contributed by atoms with Crippen LogP contribution in [0.3, 0.4) is 0 Å². The maximum Gasteiger partial charge on any atom is 0.251 e. The number of likely N-dealkylation sites (tertiary alicyclic amines) is 1. The molecular formula is C21H26N4O3. The van der Waals surface area contributed by atoms with Crippen molar-refractivity contribution in [3.63, 3.8) is 0 Å². The van der Waals surface area contributed by atoms with Gasteiger partial charge in [-0.3, -0.25) is 4.79 Å². The van der Waals surface area contributed by atoms with Gasteiger partial charge in [0.15, 0.2) is 5.82 Å². The fraction of sp³-hybridized carbons (Fsp3) is 0.524. The van der Waals surface area contributed by atoms with E-state index < -0.39 is 0 Å². The number of ether oxygens (including phenoxy) is 2. The maximum absolute atomic E-state index is 13.0. The minimum atomic E-state index is -0.272. The molecule has 1 spiro atoms. The summed E-state index contributed by atoms with van der Waals surface area (Å²) in [6.45, 7) is 3.47. The Balaban J connectivity index is 1.54. The van der Waals surface area contributed by atoms with Crippen molar-refractivity contribution < 1.29 is 14.3 Å². The van der Waals surface area contributed by atoms with Gasteiger partial charge in [-0.15, -0.1) is 0 Å². The van der Waals surface area contributed by atoms with E-state index in [0.29, 0.717) is 19.8 Å². The molecule has 0 unspecified atom stereocenters.